The van der Waals surface area contributed by atoms with Crippen LogP contribution in [-0.2, 0) is 11.2 Å². The largest absolute Gasteiger partial charge is 0.496 e. The van der Waals surface area contributed by atoms with Crippen molar-refractivity contribution in [2.45, 2.75) is 33.3 Å². The van der Waals surface area contributed by atoms with Crippen LogP contribution in [0, 0.1) is 5.41 Å². The number of carbonyl (C=O) groups excluding carboxylic acids is 1. The Morgan fingerprint density at radius 3 is 2.65 bits per heavy atom. The van der Waals surface area contributed by atoms with E-state index in [4.69, 9.17) is 4.74 Å². The third-order valence-electron chi connectivity index (χ3n) is 3.09. The van der Waals surface area contributed by atoms with Crippen molar-refractivity contribution in [1.29, 1.82) is 0 Å². The maximum Gasteiger partial charge on any atom is 0.224 e. The van der Waals surface area contributed by atoms with Gasteiger partial charge >= 0.3 is 0 Å². The van der Waals surface area contributed by atoms with E-state index in [1.165, 1.54) is 0 Å². The lowest BCUT2D eigenvalue weighted by Gasteiger charge is -2.25. The molecule has 0 bridgehead atoms. The monoisotopic (exact) mass is 343 g/mol. The summed E-state index contributed by atoms with van der Waals surface area (Å²) in [7, 11) is 1.58. The Kier molecular flexibility index (Phi) is 6.02. The topological polar surface area (TPSA) is 58.6 Å². The molecule has 0 saturated heterocycles. The highest BCUT2D eigenvalue weighted by Crippen LogP contribution is 2.23. The van der Waals surface area contributed by atoms with Gasteiger partial charge in [0.1, 0.15) is 5.75 Å². The second kappa shape index (κ2) is 7.09. The van der Waals surface area contributed by atoms with Gasteiger partial charge in [-0.2, -0.15) is 0 Å². The minimum Gasteiger partial charge on any atom is -0.496 e. The molecule has 1 amide bonds. The normalized spacial score (nSPS) is 12.9. The average Bonchev–Trinajstić information content (AvgIpc) is 2.35. The molecule has 1 rings (SSSR count). The molecule has 20 heavy (non-hydrogen) atoms. The van der Waals surface area contributed by atoms with E-state index < -0.39 is 6.10 Å². The van der Waals surface area contributed by atoms with E-state index in [0.717, 1.165) is 10.0 Å². The van der Waals surface area contributed by atoms with Crippen molar-refractivity contribution >= 4 is 21.8 Å². The summed E-state index contributed by atoms with van der Waals surface area (Å²) in [5.41, 5.74) is 0.561. The van der Waals surface area contributed by atoms with Crippen LogP contribution in [0.4, 0.5) is 0 Å². The van der Waals surface area contributed by atoms with Crippen LogP contribution in [0.1, 0.15) is 26.3 Å². The minimum absolute atomic E-state index is 0.135. The van der Waals surface area contributed by atoms with Gasteiger partial charge in [0.15, 0.2) is 0 Å². The van der Waals surface area contributed by atoms with Crippen molar-refractivity contribution in [3.63, 3.8) is 0 Å². The van der Waals surface area contributed by atoms with Gasteiger partial charge in [-0.05, 0) is 23.6 Å². The maximum absolute atomic E-state index is 11.9. The van der Waals surface area contributed by atoms with Gasteiger partial charge in [-0.1, -0.05) is 36.7 Å². The minimum atomic E-state index is -0.573. The van der Waals surface area contributed by atoms with Gasteiger partial charge in [-0.3, -0.25) is 4.79 Å². The van der Waals surface area contributed by atoms with Crippen LogP contribution in [-0.4, -0.2) is 30.8 Å². The molecule has 0 heterocycles. The fraction of sp³-hybridized carbons (Fsp3) is 0.533. The highest BCUT2D eigenvalue weighted by Gasteiger charge is 2.22. The third-order valence-corrected chi connectivity index (χ3v) is 3.58. The van der Waals surface area contributed by atoms with E-state index in [1.807, 2.05) is 39.0 Å². The lowest BCUT2D eigenvalue weighted by atomic mass is 9.89. The second-order valence-corrected chi connectivity index (χ2v) is 6.73. The zero-order chi connectivity index (χ0) is 15.3. The number of ether oxygens (including phenoxy) is 1. The standard InChI is InChI=1S/C15H22BrNO3/c1-15(2,3)13(18)9-17-14(19)8-10-7-11(16)5-6-12(10)20-4/h5-7,13,18H,8-9H2,1-4H3,(H,17,19). The van der Waals surface area contributed by atoms with Gasteiger partial charge in [-0.25, -0.2) is 0 Å². The number of nitrogens with one attached hydrogen (secondary N) is 1. The molecule has 0 aliphatic carbocycles. The Bertz CT molecular complexity index is 469. The highest BCUT2D eigenvalue weighted by molar-refractivity contribution is 9.10. The van der Waals surface area contributed by atoms with Crippen LogP contribution in [0.15, 0.2) is 22.7 Å². The first-order valence-electron chi connectivity index (χ1n) is 6.51. The molecule has 112 valence electrons. The first kappa shape index (κ1) is 17.0. The van der Waals surface area contributed by atoms with E-state index in [0.29, 0.717) is 5.75 Å². The summed E-state index contributed by atoms with van der Waals surface area (Å²) >= 11 is 3.38. The molecule has 0 fully saturated rings. The number of amides is 1. The van der Waals surface area contributed by atoms with E-state index in [1.54, 1.807) is 7.11 Å². The number of methoxy groups -OCH3 is 1. The van der Waals surface area contributed by atoms with Crippen molar-refractivity contribution in [3.05, 3.63) is 28.2 Å². The lowest BCUT2D eigenvalue weighted by molar-refractivity contribution is -0.121. The Balaban J connectivity index is 2.61. The van der Waals surface area contributed by atoms with E-state index in [9.17, 15) is 9.90 Å². The first-order chi connectivity index (χ1) is 9.24. The van der Waals surface area contributed by atoms with Gasteiger partial charge in [0, 0.05) is 16.6 Å². The Hall–Kier alpha value is -1.07. The van der Waals surface area contributed by atoms with Crippen LogP contribution in [0.5, 0.6) is 5.75 Å². The molecule has 0 aliphatic rings. The molecule has 2 N–H and O–H groups in total. The Morgan fingerprint density at radius 1 is 1.45 bits per heavy atom. The number of hydrogen-bond donors (Lipinski definition) is 2. The number of hydrogen-bond acceptors (Lipinski definition) is 3. The quantitative estimate of drug-likeness (QED) is 0.863. The SMILES string of the molecule is COc1ccc(Br)cc1CC(=O)NCC(O)C(C)(C)C. The zero-order valence-electron chi connectivity index (χ0n) is 12.4. The highest BCUT2D eigenvalue weighted by atomic mass is 79.9. The maximum atomic E-state index is 11.9. The Labute approximate surface area is 128 Å². The molecular formula is C15H22BrNO3. The fourth-order valence-corrected chi connectivity index (χ4v) is 2.05. The van der Waals surface area contributed by atoms with Gasteiger partial charge in [0.2, 0.25) is 5.91 Å². The molecular weight excluding hydrogens is 322 g/mol. The van der Waals surface area contributed by atoms with Crippen molar-refractivity contribution < 1.29 is 14.6 Å². The van der Waals surface area contributed by atoms with Gasteiger partial charge in [0.25, 0.3) is 0 Å². The van der Waals surface area contributed by atoms with Crippen LogP contribution < -0.4 is 10.1 Å². The summed E-state index contributed by atoms with van der Waals surface area (Å²) < 4.78 is 6.13. The number of benzene rings is 1. The van der Waals surface area contributed by atoms with Gasteiger partial charge in [0.05, 0.1) is 19.6 Å². The molecule has 0 saturated carbocycles. The molecule has 0 radical (unpaired) electrons. The summed E-state index contributed by atoms with van der Waals surface area (Å²) in [5, 5.41) is 12.6. The summed E-state index contributed by atoms with van der Waals surface area (Å²) in [4.78, 5) is 11.9. The van der Waals surface area contributed by atoms with Crippen molar-refractivity contribution in [3.8, 4) is 5.75 Å². The molecule has 4 nitrogen and oxygen atoms in total. The molecule has 1 unspecified atom stereocenters. The molecule has 0 aromatic heterocycles. The van der Waals surface area contributed by atoms with Crippen molar-refractivity contribution in [1.82, 2.24) is 5.32 Å². The summed E-state index contributed by atoms with van der Waals surface area (Å²) in [5.74, 6) is 0.546. The van der Waals surface area contributed by atoms with E-state index in [2.05, 4.69) is 21.2 Å². The first-order valence-corrected chi connectivity index (χ1v) is 7.30. The predicted molar refractivity (Wildman–Crippen MR) is 82.9 cm³/mol. The number of rotatable bonds is 5. The summed E-state index contributed by atoms with van der Waals surface area (Å²) in [6.45, 7) is 6.04. The lowest BCUT2D eigenvalue weighted by Crippen LogP contribution is -2.39. The number of carbonyl (C=O) groups is 1. The average molecular weight is 344 g/mol. The van der Waals surface area contributed by atoms with Crippen LogP contribution in [0.2, 0.25) is 0 Å². The van der Waals surface area contributed by atoms with Crippen LogP contribution in [0.25, 0.3) is 0 Å². The van der Waals surface area contributed by atoms with Crippen LogP contribution in [0.3, 0.4) is 0 Å². The number of halogens is 1. The second-order valence-electron chi connectivity index (χ2n) is 5.82. The van der Waals surface area contributed by atoms with E-state index >= 15 is 0 Å². The zero-order valence-corrected chi connectivity index (χ0v) is 14.0. The summed E-state index contributed by atoms with van der Waals surface area (Å²) in [6, 6.07) is 5.54. The van der Waals surface area contributed by atoms with Crippen molar-refractivity contribution in [2.24, 2.45) is 5.41 Å². The van der Waals surface area contributed by atoms with Gasteiger partial charge in [-0.15, -0.1) is 0 Å². The number of aliphatic hydroxyl groups excluding tert-OH is 1. The summed E-state index contributed by atoms with van der Waals surface area (Å²) in [6.07, 6.45) is -0.352. The number of aliphatic hydroxyl groups is 1. The fourth-order valence-electron chi connectivity index (χ4n) is 1.64. The molecule has 1 aromatic rings. The van der Waals surface area contributed by atoms with E-state index in [-0.39, 0.29) is 24.3 Å². The van der Waals surface area contributed by atoms with Crippen molar-refractivity contribution in [2.75, 3.05) is 13.7 Å². The predicted octanol–water partition coefficient (Wildman–Crippen LogP) is 2.52. The van der Waals surface area contributed by atoms with Crippen LogP contribution >= 0.6 is 15.9 Å². The smallest absolute Gasteiger partial charge is 0.224 e. The molecule has 0 spiro atoms. The molecule has 5 heteroatoms. The Morgan fingerprint density at radius 2 is 2.10 bits per heavy atom. The molecule has 1 atom stereocenters. The molecule has 1 aromatic carbocycles. The molecule has 0 aliphatic heterocycles. The third kappa shape index (κ3) is 5.13. The van der Waals surface area contributed by atoms with Gasteiger partial charge < -0.3 is 15.2 Å².